The van der Waals surface area contributed by atoms with Gasteiger partial charge in [0.1, 0.15) is 12.4 Å². The molecule has 2 aliphatic rings. The largest absolute Gasteiger partial charge is 0.493 e. The number of piperidine rings is 1. The van der Waals surface area contributed by atoms with Crippen LogP contribution >= 0.6 is 0 Å². The van der Waals surface area contributed by atoms with Gasteiger partial charge in [-0.15, -0.1) is 0 Å². The van der Waals surface area contributed by atoms with E-state index in [9.17, 15) is 4.79 Å². The lowest BCUT2D eigenvalue weighted by molar-refractivity contribution is -0.129. The van der Waals surface area contributed by atoms with Crippen molar-refractivity contribution in [3.63, 3.8) is 0 Å². The predicted octanol–water partition coefficient (Wildman–Crippen LogP) is 4.56. The molecule has 2 atom stereocenters. The molecule has 0 aliphatic carbocycles. The third-order valence-corrected chi connectivity index (χ3v) is 6.07. The molecular formula is C24H29NO3. The van der Waals surface area contributed by atoms with Gasteiger partial charge in [0.05, 0.1) is 7.11 Å². The fraction of sp³-hybridized carbons (Fsp3) is 0.458. The molecule has 0 amide bonds. The fourth-order valence-corrected chi connectivity index (χ4v) is 4.57. The van der Waals surface area contributed by atoms with Crippen molar-refractivity contribution in [3.8, 4) is 11.5 Å². The van der Waals surface area contributed by atoms with Crippen molar-refractivity contribution in [2.24, 2.45) is 5.92 Å². The molecule has 0 bridgehead atoms. The number of methoxy groups -OCH3 is 1. The van der Waals surface area contributed by atoms with Gasteiger partial charge < -0.3 is 9.47 Å². The lowest BCUT2D eigenvalue weighted by atomic mass is 9.81. The zero-order valence-corrected chi connectivity index (χ0v) is 16.8. The van der Waals surface area contributed by atoms with E-state index in [4.69, 9.17) is 9.47 Å². The third-order valence-electron chi connectivity index (χ3n) is 6.07. The standard InChI is InChI=1S/C24H29NO3/c1-3-7-19-15-25-11-10-18-12-23(27-2)24(13-20(18)21(25)14-22(19)26)28-16-17-8-5-4-6-9-17/h4-6,8-9,12-13,19,21H,3,7,10-11,14-16H2,1-2H3/t19-,21-/m1/s1. The van der Waals surface area contributed by atoms with Gasteiger partial charge in [0.25, 0.3) is 0 Å². The molecule has 4 rings (SSSR count). The van der Waals surface area contributed by atoms with Crippen LogP contribution in [0.25, 0.3) is 0 Å². The molecule has 2 aromatic carbocycles. The Morgan fingerprint density at radius 2 is 1.96 bits per heavy atom. The Labute approximate surface area is 167 Å². The van der Waals surface area contributed by atoms with Crippen molar-refractivity contribution in [3.05, 3.63) is 59.2 Å². The molecule has 2 heterocycles. The summed E-state index contributed by atoms with van der Waals surface area (Å²) in [5.74, 6) is 2.15. The summed E-state index contributed by atoms with van der Waals surface area (Å²) in [5.41, 5.74) is 3.64. The topological polar surface area (TPSA) is 38.8 Å². The molecule has 1 fully saturated rings. The number of ether oxygens (including phenoxy) is 2. The molecule has 4 heteroatoms. The SMILES string of the molecule is CCC[C@@H]1CN2CCc3cc(OC)c(OCc4ccccc4)cc3[C@H]2CC1=O. The number of nitrogens with zero attached hydrogens (tertiary/aromatic N) is 1. The smallest absolute Gasteiger partial charge is 0.162 e. The summed E-state index contributed by atoms with van der Waals surface area (Å²) in [7, 11) is 1.69. The zero-order chi connectivity index (χ0) is 19.5. The van der Waals surface area contributed by atoms with Crippen LogP contribution in [0.2, 0.25) is 0 Å². The van der Waals surface area contributed by atoms with Gasteiger partial charge in [0.2, 0.25) is 0 Å². The fourth-order valence-electron chi connectivity index (χ4n) is 4.57. The Kier molecular flexibility index (Phi) is 5.67. The first kappa shape index (κ1) is 19.0. The minimum atomic E-state index is 0.175. The molecule has 2 aromatic rings. The Hall–Kier alpha value is -2.33. The lowest BCUT2D eigenvalue weighted by Crippen LogP contribution is -2.46. The summed E-state index contributed by atoms with van der Waals surface area (Å²) >= 11 is 0. The number of hydrogen-bond acceptors (Lipinski definition) is 4. The normalized spacial score (nSPS) is 21.7. The Bertz CT molecular complexity index is 833. The van der Waals surface area contributed by atoms with Crippen molar-refractivity contribution in [2.75, 3.05) is 20.2 Å². The number of carbonyl (C=O) groups is 1. The summed E-state index contributed by atoms with van der Waals surface area (Å²) in [6, 6.07) is 14.5. The molecule has 0 spiro atoms. The van der Waals surface area contributed by atoms with Crippen LogP contribution in [0.1, 0.15) is 48.9 Å². The third kappa shape index (κ3) is 3.79. The molecule has 4 nitrogen and oxygen atoms in total. The molecule has 0 saturated carbocycles. The van der Waals surface area contributed by atoms with Crippen LogP contribution < -0.4 is 9.47 Å². The Balaban J connectivity index is 1.59. The van der Waals surface area contributed by atoms with Gasteiger partial charge in [0.15, 0.2) is 11.5 Å². The van der Waals surface area contributed by atoms with Gasteiger partial charge in [-0.1, -0.05) is 43.7 Å². The number of hydrogen-bond donors (Lipinski definition) is 0. The zero-order valence-electron chi connectivity index (χ0n) is 16.8. The highest BCUT2D eigenvalue weighted by atomic mass is 16.5. The second kappa shape index (κ2) is 8.36. The highest BCUT2D eigenvalue weighted by Crippen LogP contribution is 2.42. The van der Waals surface area contributed by atoms with Crippen LogP contribution in [-0.4, -0.2) is 30.9 Å². The lowest BCUT2D eigenvalue weighted by Gasteiger charge is -2.43. The van der Waals surface area contributed by atoms with Crippen molar-refractivity contribution in [1.29, 1.82) is 0 Å². The van der Waals surface area contributed by atoms with E-state index in [1.807, 2.05) is 18.2 Å². The van der Waals surface area contributed by atoms with Crippen LogP contribution in [-0.2, 0) is 17.8 Å². The molecule has 0 unspecified atom stereocenters. The summed E-state index contributed by atoms with van der Waals surface area (Å²) in [5, 5.41) is 0. The summed E-state index contributed by atoms with van der Waals surface area (Å²) < 4.78 is 11.7. The van der Waals surface area contributed by atoms with Gasteiger partial charge in [0, 0.05) is 31.5 Å². The van der Waals surface area contributed by atoms with Crippen molar-refractivity contribution in [2.45, 2.75) is 45.3 Å². The molecular weight excluding hydrogens is 350 g/mol. The first-order valence-corrected chi connectivity index (χ1v) is 10.3. The van der Waals surface area contributed by atoms with E-state index in [0.717, 1.165) is 49.4 Å². The number of ketones is 1. The summed E-state index contributed by atoms with van der Waals surface area (Å²) in [4.78, 5) is 15.2. The van der Waals surface area contributed by atoms with E-state index in [-0.39, 0.29) is 12.0 Å². The van der Waals surface area contributed by atoms with Crippen LogP contribution in [0, 0.1) is 5.92 Å². The van der Waals surface area contributed by atoms with Crippen LogP contribution in [0.3, 0.4) is 0 Å². The van der Waals surface area contributed by atoms with Crippen LogP contribution in [0.15, 0.2) is 42.5 Å². The second-order valence-corrected chi connectivity index (χ2v) is 7.89. The first-order chi connectivity index (χ1) is 13.7. The van der Waals surface area contributed by atoms with Gasteiger partial charge in [-0.2, -0.15) is 0 Å². The van der Waals surface area contributed by atoms with Crippen molar-refractivity contribution < 1.29 is 14.3 Å². The predicted molar refractivity (Wildman–Crippen MR) is 110 cm³/mol. The van der Waals surface area contributed by atoms with Gasteiger partial charge in [-0.3, -0.25) is 9.69 Å². The number of rotatable bonds is 6. The first-order valence-electron chi connectivity index (χ1n) is 10.3. The highest BCUT2D eigenvalue weighted by molar-refractivity contribution is 5.83. The minimum Gasteiger partial charge on any atom is -0.493 e. The average Bonchev–Trinajstić information content (AvgIpc) is 2.73. The number of benzene rings is 2. The van der Waals surface area contributed by atoms with E-state index >= 15 is 0 Å². The van der Waals surface area contributed by atoms with Gasteiger partial charge in [-0.05, 0) is 41.7 Å². The van der Waals surface area contributed by atoms with Crippen LogP contribution in [0.4, 0.5) is 0 Å². The maximum atomic E-state index is 12.7. The molecule has 1 saturated heterocycles. The number of fused-ring (bicyclic) bond motifs is 3. The van der Waals surface area contributed by atoms with E-state index in [0.29, 0.717) is 18.8 Å². The summed E-state index contributed by atoms with van der Waals surface area (Å²) in [6.07, 6.45) is 3.68. The average molecular weight is 380 g/mol. The second-order valence-electron chi connectivity index (χ2n) is 7.89. The van der Waals surface area contributed by atoms with E-state index in [2.05, 4.69) is 36.1 Å². The van der Waals surface area contributed by atoms with Crippen LogP contribution in [0.5, 0.6) is 11.5 Å². The molecule has 0 aromatic heterocycles. The Morgan fingerprint density at radius 1 is 1.14 bits per heavy atom. The molecule has 148 valence electrons. The minimum absolute atomic E-state index is 0.175. The molecule has 2 aliphatic heterocycles. The quantitative estimate of drug-likeness (QED) is 0.737. The molecule has 0 radical (unpaired) electrons. The monoisotopic (exact) mass is 379 g/mol. The highest BCUT2D eigenvalue weighted by Gasteiger charge is 2.38. The maximum Gasteiger partial charge on any atom is 0.162 e. The molecule has 28 heavy (non-hydrogen) atoms. The van der Waals surface area contributed by atoms with E-state index in [1.54, 1.807) is 7.11 Å². The van der Waals surface area contributed by atoms with E-state index < -0.39 is 0 Å². The Morgan fingerprint density at radius 3 is 2.71 bits per heavy atom. The maximum absolute atomic E-state index is 12.7. The number of Topliss-reactive ketones (excluding diaryl/α,β-unsaturated/α-hetero) is 1. The van der Waals surface area contributed by atoms with Crippen molar-refractivity contribution >= 4 is 5.78 Å². The number of carbonyl (C=O) groups excluding carboxylic acids is 1. The van der Waals surface area contributed by atoms with Gasteiger partial charge >= 0.3 is 0 Å². The molecule has 0 N–H and O–H groups in total. The van der Waals surface area contributed by atoms with E-state index in [1.165, 1.54) is 11.1 Å². The van der Waals surface area contributed by atoms with Crippen molar-refractivity contribution in [1.82, 2.24) is 4.90 Å². The van der Waals surface area contributed by atoms with Gasteiger partial charge in [-0.25, -0.2) is 0 Å². The summed E-state index contributed by atoms with van der Waals surface area (Å²) in [6.45, 7) is 4.57.